The maximum absolute atomic E-state index is 5.57. The zero-order valence-corrected chi connectivity index (χ0v) is 7.42. The predicted molar refractivity (Wildman–Crippen MR) is 42.9 cm³/mol. The van der Waals surface area contributed by atoms with Crippen molar-refractivity contribution < 1.29 is 4.74 Å². The van der Waals surface area contributed by atoms with Gasteiger partial charge in [-0.2, -0.15) is 0 Å². The van der Waals surface area contributed by atoms with Crippen molar-refractivity contribution >= 4 is 0 Å². The van der Waals surface area contributed by atoms with Crippen molar-refractivity contribution in [2.24, 2.45) is 17.8 Å². The third kappa shape index (κ3) is 1.34. The lowest BCUT2D eigenvalue weighted by molar-refractivity contribution is -0.0661. The van der Waals surface area contributed by atoms with Crippen LogP contribution in [0.15, 0.2) is 0 Å². The van der Waals surface area contributed by atoms with Crippen LogP contribution in [0.2, 0.25) is 0 Å². The molecule has 4 atom stereocenters. The van der Waals surface area contributed by atoms with Crippen LogP contribution >= 0.6 is 0 Å². The molecule has 1 heteroatoms. The lowest BCUT2D eigenvalue weighted by Crippen LogP contribution is -2.36. The summed E-state index contributed by atoms with van der Waals surface area (Å²) in [5.41, 5.74) is 0. The molecule has 1 fully saturated rings. The van der Waals surface area contributed by atoms with E-state index in [1.807, 2.05) is 0 Å². The minimum atomic E-state index is 0.464. The Morgan fingerprint density at radius 3 is 2.10 bits per heavy atom. The molecular weight excluding hydrogens is 124 g/mol. The fraction of sp³-hybridized carbons (Fsp3) is 1.00. The lowest BCUT2D eigenvalue weighted by Gasteiger charge is -2.36. The van der Waals surface area contributed by atoms with E-state index in [2.05, 4.69) is 27.7 Å². The molecule has 1 nitrogen and oxygen atoms in total. The third-order valence-electron chi connectivity index (χ3n) is 3.09. The number of ether oxygens (including phenoxy) is 1. The molecule has 1 heterocycles. The van der Waals surface area contributed by atoms with Gasteiger partial charge in [-0.3, -0.25) is 0 Å². The smallest absolute Gasteiger partial charge is 0.0575 e. The van der Waals surface area contributed by atoms with E-state index >= 15 is 0 Å². The van der Waals surface area contributed by atoms with Gasteiger partial charge in [0.2, 0.25) is 0 Å². The minimum absolute atomic E-state index is 0.464. The molecule has 1 rings (SSSR count). The first-order valence-corrected chi connectivity index (χ1v) is 4.24. The second kappa shape index (κ2) is 2.91. The SMILES string of the molecule is CC1OC[C@H](C)[C@H](C)C1C. The summed E-state index contributed by atoms with van der Waals surface area (Å²) in [5.74, 6) is 2.29. The van der Waals surface area contributed by atoms with Gasteiger partial charge in [0.1, 0.15) is 0 Å². The van der Waals surface area contributed by atoms with Crippen LogP contribution in [0.1, 0.15) is 27.7 Å². The maximum Gasteiger partial charge on any atom is 0.0575 e. The lowest BCUT2D eigenvalue weighted by atomic mass is 9.80. The molecule has 0 aromatic rings. The Bertz CT molecular complexity index is 97.3. The van der Waals surface area contributed by atoms with Crippen molar-refractivity contribution in [2.45, 2.75) is 33.8 Å². The highest BCUT2D eigenvalue weighted by atomic mass is 16.5. The van der Waals surface area contributed by atoms with E-state index < -0.39 is 0 Å². The standard InChI is InChI=1S/C9H18O/c1-6-5-10-9(4)8(3)7(6)2/h6-9H,5H2,1-4H3/t6-,7-,8?,9?/m0/s1. The third-order valence-corrected chi connectivity index (χ3v) is 3.09. The van der Waals surface area contributed by atoms with Crippen LogP contribution in [-0.2, 0) is 4.74 Å². The van der Waals surface area contributed by atoms with Gasteiger partial charge >= 0.3 is 0 Å². The monoisotopic (exact) mass is 142 g/mol. The van der Waals surface area contributed by atoms with E-state index in [9.17, 15) is 0 Å². The maximum atomic E-state index is 5.57. The van der Waals surface area contributed by atoms with Gasteiger partial charge in [-0.05, 0) is 24.7 Å². The molecule has 0 aromatic heterocycles. The summed E-state index contributed by atoms with van der Waals surface area (Å²) in [7, 11) is 0. The molecule has 0 spiro atoms. The Kier molecular flexibility index (Phi) is 2.35. The van der Waals surface area contributed by atoms with Gasteiger partial charge < -0.3 is 4.74 Å². The van der Waals surface area contributed by atoms with Crippen LogP contribution < -0.4 is 0 Å². The summed E-state index contributed by atoms with van der Waals surface area (Å²) in [6.07, 6.45) is 0.464. The van der Waals surface area contributed by atoms with E-state index in [4.69, 9.17) is 4.74 Å². The van der Waals surface area contributed by atoms with Gasteiger partial charge in [-0.1, -0.05) is 20.8 Å². The summed E-state index contributed by atoms with van der Waals surface area (Å²) in [6.45, 7) is 10.0. The molecule has 0 aliphatic carbocycles. The average molecular weight is 142 g/mol. The van der Waals surface area contributed by atoms with Crippen molar-refractivity contribution in [2.75, 3.05) is 6.61 Å². The summed E-state index contributed by atoms with van der Waals surface area (Å²) in [5, 5.41) is 0. The van der Waals surface area contributed by atoms with E-state index in [1.54, 1.807) is 0 Å². The Labute approximate surface area is 63.8 Å². The molecule has 1 aliphatic heterocycles. The van der Waals surface area contributed by atoms with Gasteiger partial charge in [0.25, 0.3) is 0 Å². The first kappa shape index (κ1) is 8.06. The van der Waals surface area contributed by atoms with Crippen molar-refractivity contribution in [3.8, 4) is 0 Å². The van der Waals surface area contributed by atoms with Crippen molar-refractivity contribution in [3.05, 3.63) is 0 Å². The Hall–Kier alpha value is -0.0400. The molecule has 0 amide bonds. The molecular formula is C9H18O. The minimum Gasteiger partial charge on any atom is -0.378 e. The van der Waals surface area contributed by atoms with Gasteiger partial charge in [0.05, 0.1) is 6.10 Å². The first-order valence-electron chi connectivity index (χ1n) is 4.24. The van der Waals surface area contributed by atoms with Crippen LogP contribution in [0.5, 0.6) is 0 Å². The zero-order valence-electron chi connectivity index (χ0n) is 7.42. The second-order valence-corrected chi connectivity index (χ2v) is 3.73. The van der Waals surface area contributed by atoms with Gasteiger partial charge in [0, 0.05) is 6.61 Å². The second-order valence-electron chi connectivity index (χ2n) is 3.73. The fourth-order valence-corrected chi connectivity index (χ4v) is 1.55. The van der Waals surface area contributed by atoms with Crippen LogP contribution in [0.25, 0.3) is 0 Å². The molecule has 1 saturated heterocycles. The Morgan fingerprint density at radius 2 is 1.60 bits per heavy atom. The molecule has 0 radical (unpaired) electrons. The molecule has 0 saturated carbocycles. The van der Waals surface area contributed by atoms with E-state index in [0.29, 0.717) is 6.10 Å². The van der Waals surface area contributed by atoms with Crippen molar-refractivity contribution in [1.82, 2.24) is 0 Å². The molecule has 0 aromatic carbocycles. The normalized spacial score (nSPS) is 49.2. The van der Waals surface area contributed by atoms with Crippen molar-refractivity contribution in [1.29, 1.82) is 0 Å². The van der Waals surface area contributed by atoms with Gasteiger partial charge in [-0.15, -0.1) is 0 Å². The van der Waals surface area contributed by atoms with Gasteiger partial charge in [0.15, 0.2) is 0 Å². The fourth-order valence-electron chi connectivity index (χ4n) is 1.55. The number of hydrogen-bond acceptors (Lipinski definition) is 1. The highest BCUT2D eigenvalue weighted by Gasteiger charge is 2.29. The summed E-state index contributed by atoms with van der Waals surface area (Å²) >= 11 is 0. The van der Waals surface area contributed by atoms with Crippen LogP contribution in [0, 0.1) is 17.8 Å². The highest BCUT2D eigenvalue weighted by molar-refractivity contribution is 4.77. The predicted octanol–water partition coefficient (Wildman–Crippen LogP) is 2.31. The zero-order chi connectivity index (χ0) is 7.72. The molecule has 10 heavy (non-hydrogen) atoms. The molecule has 60 valence electrons. The quantitative estimate of drug-likeness (QED) is 0.504. The topological polar surface area (TPSA) is 9.23 Å². The molecule has 0 N–H and O–H groups in total. The largest absolute Gasteiger partial charge is 0.378 e. The Balaban J connectivity index is 2.52. The van der Waals surface area contributed by atoms with Crippen LogP contribution in [0.3, 0.4) is 0 Å². The van der Waals surface area contributed by atoms with Crippen molar-refractivity contribution in [3.63, 3.8) is 0 Å². The molecule has 0 bridgehead atoms. The number of hydrogen-bond donors (Lipinski definition) is 0. The Morgan fingerprint density at radius 1 is 1.00 bits per heavy atom. The van der Waals surface area contributed by atoms with Gasteiger partial charge in [-0.25, -0.2) is 0 Å². The van der Waals surface area contributed by atoms with Crippen LogP contribution in [0.4, 0.5) is 0 Å². The summed E-state index contributed by atoms with van der Waals surface area (Å²) in [4.78, 5) is 0. The van der Waals surface area contributed by atoms with E-state index in [-0.39, 0.29) is 0 Å². The van der Waals surface area contributed by atoms with Crippen LogP contribution in [-0.4, -0.2) is 12.7 Å². The van der Waals surface area contributed by atoms with E-state index in [1.165, 1.54) is 0 Å². The average Bonchev–Trinajstić information content (AvgIpc) is 1.93. The first-order chi connectivity index (χ1) is 4.63. The summed E-state index contributed by atoms with van der Waals surface area (Å²) in [6, 6.07) is 0. The number of rotatable bonds is 0. The molecule has 2 unspecified atom stereocenters. The molecule has 1 aliphatic rings. The van der Waals surface area contributed by atoms with E-state index in [0.717, 1.165) is 24.4 Å². The summed E-state index contributed by atoms with van der Waals surface area (Å²) < 4.78 is 5.57. The highest BCUT2D eigenvalue weighted by Crippen LogP contribution is 2.29.